The van der Waals surface area contributed by atoms with Gasteiger partial charge in [-0.1, -0.05) is 24.3 Å². The van der Waals surface area contributed by atoms with E-state index in [0.29, 0.717) is 13.0 Å². The van der Waals surface area contributed by atoms with Crippen molar-refractivity contribution in [2.24, 2.45) is 0 Å². The highest BCUT2D eigenvalue weighted by Gasteiger charge is 2.25. The fraction of sp³-hybridized carbons (Fsp3) is 0.450. The molecule has 0 bridgehead atoms. The third-order valence-corrected chi connectivity index (χ3v) is 5.20. The molecule has 1 N–H and O–H groups in total. The van der Waals surface area contributed by atoms with Crippen LogP contribution in [0.5, 0.6) is 0 Å². The lowest BCUT2D eigenvalue weighted by Crippen LogP contribution is -2.36. The number of aryl methyl sites for hydroxylation is 1. The van der Waals surface area contributed by atoms with Crippen molar-refractivity contribution in [1.82, 2.24) is 9.88 Å². The van der Waals surface area contributed by atoms with E-state index < -0.39 is 0 Å². The van der Waals surface area contributed by atoms with Crippen LogP contribution in [0, 0.1) is 6.92 Å². The summed E-state index contributed by atoms with van der Waals surface area (Å²) in [6.45, 7) is 4.45. The lowest BCUT2D eigenvalue weighted by atomic mass is 9.96. The maximum atomic E-state index is 12.4. The average Bonchev–Trinajstić information content (AvgIpc) is 3.21. The Balaban J connectivity index is 1.49. The minimum Gasteiger partial charge on any atom is -0.378 e. The minimum atomic E-state index is 0.138. The van der Waals surface area contributed by atoms with Crippen molar-refractivity contribution in [2.75, 3.05) is 19.7 Å². The summed E-state index contributed by atoms with van der Waals surface area (Å²) in [5, 5.41) is 1.28. The highest BCUT2D eigenvalue weighted by atomic mass is 16.5. The number of aromatic nitrogens is 1. The van der Waals surface area contributed by atoms with Gasteiger partial charge in [-0.2, -0.15) is 0 Å². The first-order chi connectivity index (χ1) is 11.7. The van der Waals surface area contributed by atoms with Crippen molar-refractivity contribution in [3.05, 3.63) is 41.6 Å². The lowest BCUT2D eigenvalue weighted by Gasteiger charge is -2.27. The Morgan fingerprint density at radius 1 is 1.38 bits per heavy atom. The summed E-state index contributed by atoms with van der Waals surface area (Å²) in [7, 11) is 0. The molecule has 126 valence electrons. The van der Waals surface area contributed by atoms with Crippen LogP contribution in [0.4, 0.5) is 0 Å². The number of carbonyl (C=O) groups excluding carboxylic acids is 1. The largest absolute Gasteiger partial charge is 0.378 e. The topological polar surface area (TPSA) is 45.3 Å². The maximum absolute atomic E-state index is 12.4. The summed E-state index contributed by atoms with van der Waals surface area (Å²) in [5.74, 6) is 0.229. The number of fused-ring (bicyclic) bond motifs is 1. The van der Waals surface area contributed by atoms with Gasteiger partial charge in [-0.05, 0) is 37.8 Å². The Hall–Kier alpha value is -2.07. The summed E-state index contributed by atoms with van der Waals surface area (Å²) in [5.41, 5.74) is 5.06. The Labute approximate surface area is 142 Å². The molecule has 1 saturated heterocycles. The molecule has 0 spiro atoms. The number of para-hydroxylation sites is 1. The van der Waals surface area contributed by atoms with E-state index >= 15 is 0 Å². The van der Waals surface area contributed by atoms with Crippen molar-refractivity contribution in [2.45, 2.75) is 38.7 Å². The predicted octanol–water partition coefficient (Wildman–Crippen LogP) is 3.66. The second-order valence-corrected chi connectivity index (χ2v) is 6.83. The number of hydrogen-bond donors (Lipinski definition) is 1. The van der Waals surface area contributed by atoms with E-state index in [0.717, 1.165) is 32.4 Å². The molecule has 2 aliphatic heterocycles. The molecule has 4 heteroatoms. The number of rotatable bonds is 3. The second-order valence-electron chi connectivity index (χ2n) is 6.83. The third-order valence-electron chi connectivity index (χ3n) is 5.20. The lowest BCUT2D eigenvalue weighted by molar-refractivity contribution is -0.133. The summed E-state index contributed by atoms with van der Waals surface area (Å²) >= 11 is 0. The van der Waals surface area contributed by atoms with Crippen molar-refractivity contribution >= 4 is 22.4 Å². The van der Waals surface area contributed by atoms with Gasteiger partial charge in [0, 0.05) is 41.9 Å². The molecule has 0 unspecified atom stereocenters. The molecule has 1 atom stereocenters. The number of H-pyrrole nitrogens is 1. The van der Waals surface area contributed by atoms with E-state index in [1.54, 1.807) is 0 Å². The van der Waals surface area contributed by atoms with Crippen molar-refractivity contribution in [3.8, 4) is 0 Å². The number of nitrogens with one attached hydrogen (secondary N) is 1. The summed E-state index contributed by atoms with van der Waals surface area (Å²) in [6.07, 6.45) is 5.92. The van der Waals surface area contributed by atoms with Gasteiger partial charge in [0.05, 0.1) is 12.5 Å². The first kappa shape index (κ1) is 15.5. The van der Waals surface area contributed by atoms with E-state index in [1.807, 2.05) is 4.90 Å². The zero-order chi connectivity index (χ0) is 16.5. The Bertz CT molecular complexity index is 784. The summed E-state index contributed by atoms with van der Waals surface area (Å²) < 4.78 is 5.59. The Morgan fingerprint density at radius 2 is 2.25 bits per heavy atom. The molecule has 24 heavy (non-hydrogen) atoms. The number of hydrogen-bond acceptors (Lipinski definition) is 2. The fourth-order valence-electron chi connectivity index (χ4n) is 3.94. The molecule has 1 aromatic heterocycles. The van der Waals surface area contributed by atoms with Gasteiger partial charge in [0.15, 0.2) is 0 Å². The minimum absolute atomic E-state index is 0.138. The molecule has 4 nitrogen and oxygen atoms in total. The molecule has 2 aliphatic rings. The molecule has 1 amide bonds. The highest BCUT2D eigenvalue weighted by molar-refractivity contribution is 5.94. The Morgan fingerprint density at radius 3 is 3.00 bits per heavy atom. The number of aromatic amines is 1. The van der Waals surface area contributed by atoms with Gasteiger partial charge in [0.1, 0.15) is 0 Å². The summed E-state index contributed by atoms with van der Waals surface area (Å²) in [6, 6.07) is 8.43. The van der Waals surface area contributed by atoms with Crippen LogP contribution in [-0.2, 0) is 9.53 Å². The highest BCUT2D eigenvalue weighted by Crippen LogP contribution is 2.32. The molecule has 2 aromatic rings. The van der Waals surface area contributed by atoms with Crippen LogP contribution in [0.3, 0.4) is 0 Å². The molecule has 0 radical (unpaired) electrons. The van der Waals surface area contributed by atoms with E-state index in [-0.39, 0.29) is 12.0 Å². The van der Waals surface area contributed by atoms with Crippen LogP contribution < -0.4 is 0 Å². The predicted molar refractivity (Wildman–Crippen MR) is 95.8 cm³/mol. The van der Waals surface area contributed by atoms with Crippen molar-refractivity contribution < 1.29 is 9.53 Å². The van der Waals surface area contributed by atoms with Gasteiger partial charge in [-0.15, -0.1) is 0 Å². The van der Waals surface area contributed by atoms with Crippen LogP contribution in [0.2, 0.25) is 0 Å². The van der Waals surface area contributed by atoms with Crippen LogP contribution in [0.1, 0.15) is 36.9 Å². The standard InChI is InChI=1S/C20H24N2O2/c1-14-20(17-6-2-3-7-18(17)21-14)15-8-10-22(11-9-15)19(23)13-16-5-4-12-24-16/h2-3,6-8,16,21H,4-5,9-13H2,1H3/t16-/m1/s1. The first-order valence-electron chi connectivity index (χ1n) is 8.88. The van der Waals surface area contributed by atoms with Crippen LogP contribution >= 0.6 is 0 Å². The maximum Gasteiger partial charge on any atom is 0.225 e. The molecule has 3 heterocycles. The van der Waals surface area contributed by atoms with Gasteiger partial charge in [0.25, 0.3) is 0 Å². The van der Waals surface area contributed by atoms with E-state index in [4.69, 9.17) is 4.74 Å². The molecule has 0 saturated carbocycles. The van der Waals surface area contributed by atoms with Crippen molar-refractivity contribution in [3.63, 3.8) is 0 Å². The summed E-state index contributed by atoms with van der Waals surface area (Å²) in [4.78, 5) is 17.9. The van der Waals surface area contributed by atoms with Gasteiger partial charge in [-0.3, -0.25) is 4.79 Å². The van der Waals surface area contributed by atoms with Gasteiger partial charge >= 0.3 is 0 Å². The van der Waals surface area contributed by atoms with E-state index in [1.165, 1.54) is 27.7 Å². The zero-order valence-corrected chi connectivity index (χ0v) is 14.2. The SMILES string of the molecule is Cc1[nH]c2ccccc2c1C1=CCN(C(=O)C[C@H]2CCCO2)CC1. The third kappa shape index (κ3) is 2.86. The number of ether oxygens (including phenoxy) is 1. The van der Waals surface area contributed by atoms with Gasteiger partial charge in [0.2, 0.25) is 5.91 Å². The monoisotopic (exact) mass is 324 g/mol. The quantitative estimate of drug-likeness (QED) is 0.936. The second kappa shape index (κ2) is 6.44. The van der Waals surface area contributed by atoms with Gasteiger partial charge in [-0.25, -0.2) is 0 Å². The average molecular weight is 324 g/mol. The molecule has 1 fully saturated rings. The van der Waals surface area contributed by atoms with E-state index in [2.05, 4.69) is 42.2 Å². The van der Waals surface area contributed by atoms with E-state index in [9.17, 15) is 4.79 Å². The van der Waals surface area contributed by atoms with Crippen LogP contribution in [0.25, 0.3) is 16.5 Å². The number of benzene rings is 1. The number of carbonyl (C=O) groups is 1. The Kier molecular flexibility index (Phi) is 4.15. The number of nitrogens with zero attached hydrogens (tertiary/aromatic N) is 1. The normalized spacial score (nSPS) is 21.3. The molecule has 0 aliphatic carbocycles. The van der Waals surface area contributed by atoms with Crippen molar-refractivity contribution in [1.29, 1.82) is 0 Å². The molecular weight excluding hydrogens is 300 g/mol. The number of amides is 1. The molecule has 4 rings (SSSR count). The molecular formula is C20H24N2O2. The van der Waals surface area contributed by atoms with Crippen LogP contribution in [-0.4, -0.2) is 41.6 Å². The molecule has 1 aromatic carbocycles. The zero-order valence-electron chi connectivity index (χ0n) is 14.2. The van der Waals surface area contributed by atoms with Crippen LogP contribution in [0.15, 0.2) is 30.3 Å². The fourth-order valence-corrected chi connectivity index (χ4v) is 3.94. The first-order valence-corrected chi connectivity index (χ1v) is 8.88. The smallest absolute Gasteiger partial charge is 0.225 e. The van der Waals surface area contributed by atoms with Gasteiger partial charge < -0.3 is 14.6 Å².